The molecule has 1 aromatic rings. The topological polar surface area (TPSA) is 17.1 Å². The Morgan fingerprint density at radius 1 is 1.27 bits per heavy atom. The van der Waals surface area contributed by atoms with Gasteiger partial charge in [0.1, 0.15) is 0 Å². The van der Waals surface area contributed by atoms with Crippen molar-refractivity contribution in [1.29, 1.82) is 0 Å². The number of halogens is 1. The van der Waals surface area contributed by atoms with Crippen LogP contribution in [0.4, 0.5) is 0 Å². The molecule has 0 amide bonds. The van der Waals surface area contributed by atoms with Gasteiger partial charge in [-0.05, 0) is 24.8 Å². The van der Waals surface area contributed by atoms with Gasteiger partial charge in [-0.3, -0.25) is 4.79 Å². The monoisotopic (exact) mass is 268 g/mol. The second-order valence-corrected chi connectivity index (χ2v) is 5.29. The molecule has 2 heteroatoms. The van der Waals surface area contributed by atoms with Crippen LogP contribution in [0.25, 0.3) is 0 Å². The molecule has 2 atom stereocenters. The van der Waals surface area contributed by atoms with Crippen molar-refractivity contribution < 1.29 is 4.79 Å². The third-order valence-corrected chi connectivity index (χ3v) is 3.15. The van der Waals surface area contributed by atoms with Gasteiger partial charge < -0.3 is 0 Å². The third-order valence-electron chi connectivity index (χ3n) is 2.74. The number of hydrogen-bond donors (Lipinski definition) is 0. The fraction of sp³-hybridized carbons (Fsp3) is 0.462. The molecule has 0 heterocycles. The molecule has 0 aliphatic carbocycles. The van der Waals surface area contributed by atoms with Crippen LogP contribution in [0.1, 0.15) is 49.0 Å². The molecular formula is C13H17BrO. The van der Waals surface area contributed by atoms with E-state index in [9.17, 15) is 4.79 Å². The molecule has 0 spiro atoms. The number of carbonyl (C=O) groups excluding carboxylic acids is 1. The fourth-order valence-corrected chi connectivity index (χ4v) is 1.71. The first-order chi connectivity index (χ1) is 7.06. The lowest BCUT2D eigenvalue weighted by molar-refractivity contribution is 0.0996. The van der Waals surface area contributed by atoms with E-state index in [2.05, 4.69) is 41.9 Å². The van der Waals surface area contributed by atoms with Gasteiger partial charge in [0.25, 0.3) is 0 Å². The minimum Gasteiger partial charge on any atom is -0.293 e. The normalized spacial score (nSPS) is 14.7. The minimum absolute atomic E-state index is 0.105. The first-order valence-corrected chi connectivity index (χ1v) is 6.26. The van der Waals surface area contributed by atoms with E-state index in [0.717, 1.165) is 12.0 Å². The van der Waals surface area contributed by atoms with Gasteiger partial charge in [0, 0.05) is 5.56 Å². The molecule has 0 saturated heterocycles. The predicted octanol–water partition coefficient (Wildman–Crippen LogP) is 4.17. The summed E-state index contributed by atoms with van der Waals surface area (Å²) in [7, 11) is 0. The molecule has 0 fully saturated rings. The lowest BCUT2D eigenvalue weighted by Gasteiger charge is -2.09. The number of benzene rings is 1. The predicted molar refractivity (Wildman–Crippen MR) is 67.9 cm³/mol. The van der Waals surface area contributed by atoms with E-state index in [0.29, 0.717) is 5.92 Å². The second kappa shape index (κ2) is 5.45. The number of alkyl halides is 1. The molecule has 0 N–H and O–H groups in total. The fourth-order valence-electron chi connectivity index (χ4n) is 1.44. The van der Waals surface area contributed by atoms with Crippen molar-refractivity contribution in [3.05, 3.63) is 35.4 Å². The van der Waals surface area contributed by atoms with E-state index in [-0.39, 0.29) is 10.6 Å². The average molecular weight is 269 g/mol. The van der Waals surface area contributed by atoms with Crippen molar-refractivity contribution >= 4 is 21.7 Å². The summed E-state index contributed by atoms with van der Waals surface area (Å²) >= 11 is 3.29. The van der Waals surface area contributed by atoms with Gasteiger partial charge in [-0.15, -0.1) is 0 Å². The first-order valence-electron chi connectivity index (χ1n) is 5.34. The molecule has 1 aromatic carbocycles. The van der Waals surface area contributed by atoms with Crippen molar-refractivity contribution in [3.8, 4) is 0 Å². The average Bonchev–Trinajstić information content (AvgIpc) is 2.27. The molecule has 82 valence electrons. The zero-order valence-corrected chi connectivity index (χ0v) is 11.0. The lowest BCUT2D eigenvalue weighted by Crippen LogP contribution is -2.09. The number of rotatable bonds is 4. The zero-order chi connectivity index (χ0) is 11.4. The van der Waals surface area contributed by atoms with Crippen LogP contribution in [0.3, 0.4) is 0 Å². The van der Waals surface area contributed by atoms with Gasteiger partial charge in [-0.25, -0.2) is 0 Å². The Hall–Kier alpha value is -0.630. The molecular weight excluding hydrogens is 252 g/mol. The van der Waals surface area contributed by atoms with E-state index in [1.807, 2.05) is 19.1 Å². The Kier molecular flexibility index (Phi) is 4.52. The van der Waals surface area contributed by atoms with E-state index < -0.39 is 0 Å². The highest BCUT2D eigenvalue weighted by Crippen LogP contribution is 2.19. The molecule has 2 unspecified atom stereocenters. The van der Waals surface area contributed by atoms with E-state index in [1.54, 1.807) is 0 Å². The van der Waals surface area contributed by atoms with Crippen LogP contribution in [0, 0.1) is 0 Å². The minimum atomic E-state index is -0.105. The van der Waals surface area contributed by atoms with Crippen molar-refractivity contribution in [3.63, 3.8) is 0 Å². The van der Waals surface area contributed by atoms with Crippen LogP contribution in [-0.4, -0.2) is 10.6 Å². The SMILES string of the molecule is CCC(C)c1ccc(C(=O)C(C)Br)cc1. The molecule has 0 bridgehead atoms. The quantitative estimate of drug-likeness (QED) is 0.592. The lowest BCUT2D eigenvalue weighted by atomic mass is 9.96. The highest BCUT2D eigenvalue weighted by Gasteiger charge is 2.11. The van der Waals surface area contributed by atoms with Gasteiger partial charge in [-0.1, -0.05) is 54.0 Å². The highest BCUT2D eigenvalue weighted by atomic mass is 79.9. The molecule has 0 aromatic heterocycles. The molecule has 0 radical (unpaired) electrons. The second-order valence-electron chi connectivity index (χ2n) is 3.91. The standard InChI is InChI=1S/C13H17BrO/c1-4-9(2)11-5-7-12(8-6-11)13(15)10(3)14/h5-10H,4H2,1-3H3. The van der Waals surface area contributed by atoms with Crippen LogP contribution >= 0.6 is 15.9 Å². The van der Waals surface area contributed by atoms with Gasteiger partial charge in [0.05, 0.1) is 4.83 Å². The number of Topliss-reactive ketones (excluding diaryl/α,β-unsaturated/α-hetero) is 1. The maximum atomic E-state index is 11.6. The van der Waals surface area contributed by atoms with Crippen LogP contribution in [-0.2, 0) is 0 Å². The summed E-state index contributed by atoms with van der Waals surface area (Å²) in [6.45, 7) is 6.22. The van der Waals surface area contributed by atoms with Gasteiger partial charge >= 0.3 is 0 Å². The van der Waals surface area contributed by atoms with Crippen molar-refractivity contribution in [2.24, 2.45) is 0 Å². The Morgan fingerprint density at radius 2 is 1.80 bits per heavy atom. The molecule has 0 saturated carbocycles. The maximum absolute atomic E-state index is 11.6. The maximum Gasteiger partial charge on any atom is 0.176 e. The Labute approximate surface area is 100 Å². The summed E-state index contributed by atoms with van der Waals surface area (Å²) in [5.41, 5.74) is 2.09. The molecule has 1 rings (SSSR count). The molecule has 0 aliphatic heterocycles. The van der Waals surface area contributed by atoms with Gasteiger partial charge in [-0.2, -0.15) is 0 Å². The number of ketones is 1. The van der Waals surface area contributed by atoms with Crippen molar-refractivity contribution in [2.45, 2.75) is 37.9 Å². The first kappa shape index (κ1) is 12.4. The summed E-state index contributed by atoms with van der Waals surface area (Å²) in [4.78, 5) is 11.5. The van der Waals surface area contributed by atoms with Crippen LogP contribution in [0.15, 0.2) is 24.3 Å². The third kappa shape index (κ3) is 3.16. The van der Waals surface area contributed by atoms with E-state index in [1.165, 1.54) is 5.56 Å². The molecule has 15 heavy (non-hydrogen) atoms. The largest absolute Gasteiger partial charge is 0.293 e. The van der Waals surface area contributed by atoms with E-state index >= 15 is 0 Å². The Balaban J connectivity index is 2.85. The highest BCUT2D eigenvalue weighted by molar-refractivity contribution is 9.10. The van der Waals surface area contributed by atoms with Crippen molar-refractivity contribution in [2.75, 3.05) is 0 Å². The van der Waals surface area contributed by atoms with Crippen molar-refractivity contribution in [1.82, 2.24) is 0 Å². The summed E-state index contributed by atoms with van der Waals surface area (Å²) in [6.07, 6.45) is 1.13. The molecule has 1 nitrogen and oxygen atoms in total. The van der Waals surface area contributed by atoms with Gasteiger partial charge in [0.2, 0.25) is 0 Å². The van der Waals surface area contributed by atoms with Gasteiger partial charge in [0.15, 0.2) is 5.78 Å². The van der Waals surface area contributed by atoms with Crippen LogP contribution < -0.4 is 0 Å². The smallest absolute Gasteiger partial charge is 0.176 e. The zero-order valence-electron chi connectivity index (χ0n) is 9.46. The summed E-state index contributed by atoms with van der Waals surface area (Å²) in [5, 5.41) is 0. The Morgan fingerprint density at radius 3 is 2.20 bits per heavy atom. The number of hydrogen-bond acceptors (Lipinski definition) is 1. The molecule has 0 aliphatic rings. The van der Waals surface area contributed by atoms with Crippen LogP contribution in [0.5, 0.6) is 0 Å². The van der Waals surface area contributed by atoms with E-state index in [4.69, 9.17) is 0 Å². The summed E-state index contributed by atoms with van der Waals surface area (Å²) in [6, 6.07) is 7.94. The Bertz CT molecular complexity index is 327. The number of carbonyl (C=O) groups is 1. The van der Waals surface area contributed by atoms with Crippen LogP contribution in [0.2, 0.25) is 0 Å². The summed E-state index contributed by atoms with van der Waals surface area (Å²) in [5.74, 6) is 0.709. The summed E-state index contributed by atoms with van der Waals surface area (Å²) < 4.78 is 0.